The molecule has 34 heavy (non-hydrogen) atoms. The molecule has 182 valence electrons. The van der Waals surface area contributed by atoms with Crippen LogP contribution in [0.25, 0.3) is 0 Å². The minimum Gasteiger partial charge on any atom is -0.481 e. The number of hydrogen-bond donors (Lipinski definition) is 4. The molecule has 8 nitrogen and oxygen atoms in total. The third-order valence-electron chi connectivity index (χ3n) is 5.52. The number of benzene rings is 2. The summed E-state index contributed by atoms with van der Waals surface area (Å²) in [6.07, 6.45) is 1.18. The Morgan fingerprint density at radius 3 is 2.38 bits per heavy atom. The maximum Gasteiger partial charge on any atom is 0.319 e. The number of nitrogens with zero attached hydrogens (tertiary/aromatic N) is 1. The van der Waals surface area contributed by atoms with E-state index in [4.69, 9.17) is 16.7 Å². The molecule has 3 amide bonds. The number of carboxylic acids is 1. The molecule has 4 N–H and O–H groups in total. The summed E-state index contributed by atoms with van der Waals surface area (Å²) in [6, 6.07) is 7.98. The average molecular weight is 495 g/mol. The molecule has 1 fully saturated rings. The smallest absolute Gasteiger partial charge is 0.319 e. The van der Waals surface area contributed by atoms with E-state index in [0.717, 1.165) is 12.1 Å². The summed E-state index contributed by atoms with van der Waals surface area (Å²) >= 11 is 5.96. The number of rotatable bonds is 8. The number of urea groups is 1. The number of para-hydroxylation sites is 1. The van der Waals surface area contributed by atoms with Crippen LogP contribution in [-0.2, 0) is 4.79 Å². The van der Waals surface area contributed by atoms with Gasteiger partial charge in [-0.15, -0.1) is 0 Å². The Labute approximate surface area is 200 Å². The van der Waals surface area contributed by atoms with Crippen LogP contribution in [0.2, 0.25) is 5.02 Å². The van der Waals surface area contributed by atoms with Crippen LogP contribution in [0.5, 0.6) is 0 Å². The van der Waals surface area contributed by atoms with E-state index in [0.29, 0.717) is 36.6 Å². The van der Waals surface area contributed by atoms with Crippen molar-refractivity contribution >= 4 is 40.9 Å². The van der Waals surface area contributed by atoms with Gasteiger partial charge in [-0.1, -0.05) is 23.7 Å². The minimum absolute atomic E-state index is 0.00528. The highest BCUT2D eigenvalue weighted by Crippen LogP contribution is 2.29. The van der Waals surface area contributed by atoms with Gasteiger partial charge in [0.25, 0.3) is 5.91 Å². The van der Waals surface area contributed by atoms with Gasteiger partial charge in [-0.2, -0.15) is 0 Å². The van der Waals surface area contributed by atoms with Gasteiger partial charge < -0.3 is 26.0 Å². The first-order valence-corrected chi connectivity index (χ1v) is 11.2. The van der Waals surface area contributed by atoms with Crippen molar-refractivity contribution in [2.45, 2.75) is 19.3 Å². The maximum absolute atomic E-state index is 14.7. The average Bonchev–Trinajstić information content (AvgIpc) is 2.79. The number of carbonyl (C=O) groups excluding carboxylic acids is 2. The van der Waals surface area contributed by atoms with Crippen molar-refractivity contribution in [2.24, 2.45) is 5.92 Å². The number of aliphatic carboxylic acids is 1. The monoisotopic (exact) mass is 494 g/mol. The number of anilines is 2. The Morgan fingerprint density at radius 2 is 1.71 bits per heavy atom. The zero-order valence-electron chi connectivity index (χ0n) is 18.2. The fourth-order valence-electron chi connectivity index (χ4n) is 3.75. The molecular weight excluding hydrogens is 470 g/mol. The topological polar surface area (TPSA) is 111 Å². The molecule has 0 spiro atoms. The summed E-state index contributed by atoms with van der Waals surface area (Å²) in [4.78, 5) is 36.7. The Morgan fingerprint density at radius 1 is 1.03 bits per heavy atom. The van der Waals surface area contributed by atoms with Crippen LogP contribution >= 0.6 is 11.6 Å². The van der Waals surface area contributed by atoms with Gasteiger partial charge in [0, 0.05) is 38.7 Å². The van der Waals surface area contributed by atoms with Gasteiger partial charge in [-0.25, -0.2) is 13.6 Å². The molecule has 1 saturated heterocycles. The summed E-state index contributed by atoms with van der Waals surface area (Å²) in [5.41, 5.74) is 0.0257. The van der Waals surface area contributed by atoms with Crippen LogP contribution in [0.3, 0.4) is 0 Å². The highest BCUT2D eigenvalue weighted by Gasteiger charge is 2.25. The van der Waals surface area contributed by atoms with Gasteiger partial charge in [0.2, 0.25) is 0 Å². The molecule has 0 bridgehead atoms. The number of carbonyl (C=O) groups is 3. The van der Waals surface area contributed by atoms with Crippen LogP contribution in [0.1, 0.15) is 29.6 Å². The van der Waals surface area contributed by atoms with Crippen LogP contribution in [0.15, 0.2) is 36.4 Å². The standard InChI is InChI=1S/C23H25ClF2N4O4/c24-16-3-1-2-4-19(16)29-23(34)28-8-7-27-22(33)15-12-18(26)20(13-17(15)25)30-9-5-14(6-10-30)11-21(31)32/h1-4,12-14H,5-11H2,(H,27,33)(H,31,32)(H2,28,29,34). The molecule has 1 heterocycles. The van der Waals surface area contributed by atoms with Gasteiger partial charge in [0.15, 0.2) is 0 Å². The maximum atomic E-state index is 14.7. The summed E-state index contributed by atoms with van der Waals surface area (Å²) in [7, 11) is 0. The number of piperidine rings is 1. The van der Waals surface area contributed by atoms with Crippen molar-refractivity contribution in [1.82, 2.24) is 10.6 Å². The van der Waals surface area contributed by atoms with Gasteiger partial charge >= 0.3 is 12.0 Å². The first-order valence-electron chi connectivity index (χ1n) is 10.8. The number of carboxylic acid groups (broad SMARTS) is 1. The zero-order chi connectivity index (χ0) is 24.7. The van der Waals surface area contributed by atoms with Crippen LogP contribution in [0, 0.1) is 17.6 Å². The Balaban J connectivity index is 1.49. The van der Waals surface area contributed by atoms with E-state index in [1.165, 1.54) is 0 Å². The summed E-state index contributed by atoms with van der Waals surface area (Å²) in [5.74, 6) is -3.28. The van der Waals surface area contributed by atoms with Gasteiger partial charge in [-0.3, -0.25) is 9.59 Å². The fourth-order valence-corrected chi connectivity index (χ4v) is 3.94. The molecule has 0 unspecified atom stereocenters. The molecule has 0 saturated carbocycles. The van der Waals surface area contributed by atoms with Gasteiger partial charge in [0.1, 0.15) is 11.6 Å². The third-order valence-corrected chi connectivity index (χ3v) is 5.85. The van der Waals surface area contributed by atoms with E-state index >= 15 is 0 Å². The molecular formula is C23H25ClF2N4O4. The Bertz CT molecular complexity index is 1060. The summed E-state index contributed by atoms with van der Waals surface area (Å²) in [5, 5.41) is 16.8. The normalized spacial score (nSPS) is 13.9. The van der Waals surface area contributed by atoms with E-state index in [2.05, 4.69) is 16.0 Å². The SMILES string of the molecule is O=C(O)CC1CCN(c2cc(F)c(C(=O)NCCNC(=O)Nc3ccccc3Cl)cc2F)CC1. The molecule has 3 rings (SSSR count). The number of amides is 3. The van der Waals surface area contributed by atoms with Crippen molar-refractivity contribution in [3.05, 3.63) is 58.6 Å². The number of halogens is 3. The van der Waals surface area contributed by atoms with Gasteiger partial charge in [0.05, 0.1) is 22.0 Å². The van der Waals surface area contributed by atoms with Crippen LogP contribution in [0.4, 0.5) is 25.0 Å². The van der Waals surface area contributed by atoms with E-state index in [1.54, 1.807) is 29.2 Å². The summed E-state index contributed by atoms with van der Waals surface area (Å²) in [6.45, 7) is 0.855. The first kappa shape index (κ1) is 25.2. The van der Waals surface area contributed by atoms with Crippen molar-refractivity contribution in [3.8, 4) is 0 Å². The quantitative estimate of drug-likeness (QED) is 0.416. The van der Waals surface area contributed by atoms with Crippen molar-refractivity contribution < 1.29 is 28.3 Å². The predicted octanol–water partition coefficient (Wildman–Crippen LogP) is 3.86. The molecule has 0 aliphatic carbocycles. The van der Waals surface area contributed by atoms with Crippen molar-refractivity contribution in [2.75, 3.05) is 36.4 Å². The minimum atomic E-state index is -0.873. The van der Waals surface area contributed by atoms with Crippen molar-refractivity contribution in [1.29, 1.82) is 0 Å². The molecule has 0 aromatic heterocycles. The van der Waals surface area contributed by atoms with E-state index in [1.807, 2.05) is 0 Å². The lowest BCUT2D eigenvalue weighted by molar-refractivity contribution is -0.138. The number of hydrogen-bond acceptors (Lipinski definition) is 4. The molecule has 11 heteroatoms. The number of nitrogens with one attached hydrogen (secondary N) is 3. The second-order valence-electron chi connectivity index (χ2n) is 7.93. The van der Waals surface area contributed by atoms with Crippen molar-refractivity contribution in [3.63, 3.8) is 0 Å². The molecule has 1 aliphatic heterocycles. The zero-order valence-corrected chi connectivity index (χ0v) is 19.0. The largest absolute Gasteiger partial charge is 0.481 e. The van der Waals surface area contributed by atoms with Crippen LogP contribution in [-0.4, -0.2) is 49.2 Å². The second kappa shape index (κ2) is 11.6. The van der Waals surface area contributed by atoms with E-state index in [9.17, 15) is 23.2 Å². The first-order chi connectivity index (χ1) is 16.2. The van der Waals surface area contributed by atoms with Crippen LogP contribution < -0.4 is 20.9 Å². The lowest BCUT2D eigenvalue weighted by Gasteiger charge is -2.33. The molecule has 0 atom stereocenters. The highest BCUT2D eigenvalue weighted by atomic mass is 35.5. The molecule has 1 aliphatic rings. The van der Waals surface area contributed by atoms with E-state index in [-0.39, 0.29) is 31.1 Å². The highest BCUT2D eigenvalue weighted by molar-refractivity contribution is 6.33. The Kier molecular flexibility index (Phi) is 8.64. The lowest BCUT2D eigenvalue weighted by Crippen LogP contribution is -2.37. The Hall–Kier alpha value is -3.40. The van der Waals surface area contributed by atoms with E-state index < -0.39 is 35.1 Å². The lowest BCUT2D eigenvalue weighted by atomic mass is 9.93. The molecule has 0 radical (unpaired) electrons. The van der Waals surface area contributed by atoms with Gasteiger partial charge in [-0.05, 0) is 37.0 Å². The second-order valence-corrected chi connectivity index (χ2v) is 8.34. The summed E-state index contributed by atoms with van der Waals surface area (Å²) < 4.78 is 29.2. The molecule has 2 aromatic carbocycles. The fraction of sp³-hybridized carbons (Fsp3) is 0.348. The predicted molar refractivity (Wildman–Crippen MR) is 124 cm³/mol. The third kappa shape index (κ3) is 6.80. The molecule has 2 aromatic rings.